The van der Waals surface area contributed by atoms with Crippen molar-refractivity contribution in [3.05, 3.63) is 56.8 Å². The van der Waals surface area contributed by atoms with Crippen LogP contribution < -0.4 is 0 Å². The predicted octanol–water partition coefficient (Wildman–Crippen LogP) is 2.60. The van der Waals surface area contributed by atoms with Gasteiger partial charge in [-0.05, 0) is 21.5 Å². The molecule has 0 N–H and O–H groups in total. The van der Waals surface area contributed by atoms with Gasteiger partial charge in [0.1, 0.15) is 0 Å². The van der Waals surface area contributed by atoms with Crippen LogP contribution in [0, 0.1) is 10.1 Å². The molecule has 0 atom stereocenters. The fourth-order valence-electron chi connectivity index (χ4n) is 1.38. The third kappa shape index (κ3) is 2.46. The maximum atomic E-state index is 10.6. The lowest BCUT2D eigenvalue weighted by Gasteiger charge is -2.01. The molecule has 82 valence electrons. The smallest absolute Gasteiger partial charge is 0.267 e. The van der Waals surface area contributed by atoms with Gasteiger partial charge in [0.05, 0.1) is 22.1 Å². The Morgan fingerprint density at radius 2 is 2.31 bits per heavy atom. The maximum absolute atomic E-state index is 10.6. The van der Waals surface area contributed by atoms with E-state index in [0.717, 1.165) is 10.0 Å². The predicted molar refractivity (Wildman–Crippen MR) is 62.1 cm³/mol. The van der Waals surface area contributed by atoms with E-state index in [1.165, 1.54) is 6.07 Å². The first-order valence-corrected chi connectivity index (χ1v) is 5.36. The van der Waals surface area contributed by atoms with E-state index in [2.05, 4.69) is 21.0 Å². The van der Waals surface area contributed by atoms with Gasteiger partial charge in [0.15, 0.2) is 0 Å². The van der Waals surface area contributed by atoms with Crippen molar-refractivity contribution in [1.29, 1.82) is 0 Å². The van der Waals surface area contributed by atoms with Crippen molar-refractivity contribution in [3.63, 3.8) is 0 Å². The van der Waals surface area contributed by atoms with Crippen molar-refractivity contribution >= 4 is 21.6 Å². The molecule has 0 saturated heterocycles. The highest BCUT2D eigenvalue weighted by molar-refractivity contribution is 9.10. The largest absolute Gasteiger partial charge is 0.269 e. The van der Waals surface area contributed by atoms with Crippen LogP contribution in [0.1, 0.15) is 5.56 Å². The van der Waals surface area contributed by atoms with Crippen LogP contribution in [-0.2, 0) is 6.54 Å². The molecule has 1 aromatic heterocycles. The summed E-state index contributed by atoms with van der Waals surface area (Å²) in [4.78, 5) is 10.2. The van der Waals surface area contributed by atoms with Crippen molar-refractivity contribution in [1.82, 2.24) is 9.78 Å². The molecule has 0 aliphatic heterocycles. The van der Waals surface area contributed by atoms with Crippen LogP contribution in [0.5, 0.6) is 0 Å². The summed E-state index contributed by atoms with van der Waals surface area (Å²) in [5.41, 5.74) is 0.952. The zero-order valence-electron chi connectivity index (χ0n) is 8.21. The monoisotopic (exact) mass is 281 g/mol. The van der Waals surface area contributed by atoms with E-state index in [4.69, 9.17) is 0 Å². The number of rotatable bonds is 3. The lowest BCUT2D eigenvalue weighted by molar-refractivity contribution is -0.384. The first kappa shape index (κ1) is 10.8. The molecule has 0 unspecified atom stereocenters. The summed E-state index contributed by atoms with van der Waals surface area (Å²) in [6, 6.07) is 6.53. The fourth-order valence-corrected chi connectivity index (χ4v) is 1.71. The van der Waals surface area contributed by atoms with Crippen LogP contribution in [0.4, 0.5) is 5.69 Å². The van der Waals surface area contributed by atoms with E-state index in [0.29, 0.717) is 6.54 Å². The summed E-state index contributed by atoms with van der Waals surface area (Å²) < 4.78 is 2.60. The average molecular weight is 282 g/mol. The summed E-state index contributed by atoms with van der Waals surface area (Å²) in [5.74, 6) is 0. The quantitative estimate of drug-likeness (QED) is 0.642. The SMILES string of the molecule is O=[N+]([O-])c1cccc(Cn2cc(Br)cn2)c1. The highest BCUT2D eigenvalue weighted by Crippen LogP contribution is 2.14. The zero-order chi connectivity index (χ0) is 11.5. The van der Waals surface area contributed by atoms with E-state index < -0.39 is 4.92 Å². The van der Waals surface area contributed by atoms with Gasteiger partial charge in [0.25, 0.3) is 5.69 Å². The molecule has 0 aliphatic carbocycles. The van der Waals surface area contributed by atoms with E-state index in [1.54, 1.807) is 23.0 Å². The molecule has 16 heavy (non-hydrogen) atoms. The normalized spacial score (nSPS) is 10.3. The van der Waals surface area contributed by atoms with Crippen molar-refractivity contribution in [2.45, 2.75) is 6.54 Å². The third-order valence-corrected chi connectivity index (χ3v) is 2.48. The van der Waals surface area contributed by atoms with Crippen molar-refractivity contribution in [3.8, 4) is 0 Å². The number of hydrogen-bond acceptors (Lipinski definition) is 3. The molecule has 1 heterocycles. The maximum Gasteiger partial charge on any atom is 0.269 e. The zero-order valence-corrected chi connectivity index (χ0v) is 9.79. The number of nitro groups is 1. The summed E-state index contributed by atoms with van der Waals surface area (Å²) in [7, 11) is 0. The molecule has 0 aliphatic rings. The highest BCUT2D eigenvalue weighted by atomic mass is 79.9. The van der Waals surface area contributed by atoms with Crippen molar-refractivity contribution < 1.29 is 4.92 Å². The Kier molecular flexibility index (Phi) is 3.00. The van der Waals surface area contributed by atoms with Crippen LogP contribution in [0.15, 0.2) is 41.1 Å². The lowest BCUT2D eigenvalue weighted by Crippen LogP contribution is -2.00. The average Bonchev–Trinajstić information content (AvgIpc) is 2.64. The molecule has 0 fully saturated rings. The molecule has 2 rings (SSSR count). The molecule has 6 heteroatoms. The summed E-state index contributed by atoms with van der Waals surface area (Å²) in [6.45, 7) is 0.521. The topological polar surface area (TPSA) is 61.0 Å². The summed E-state index contributed by atoms with van der Waals surface area (Å²) >= 11 is 3.29. The second-order valence-electron chi connectivity index (χ2n) is 3.28. The van der Waals surface area contributed by atoms with Gasteiger partial charge in [-0.3, -0.25) is 14.8 Å². The lowest BCUT2D eigenvalue weighted by atomic mass is 10.2. The Bertz CT molecular complexity index is 524. The Labute approximate surface area is 100.0 Å². The molecular formula is C10H8BrN3O2. The number of hydrogen-bond donors (Lipinski definition) is 0. The molecule has 0 bridgehead atoms. The van der Waals surface area contributed by atoms with Crippen LogP contribution in [0.25, 0.3) is 0 Å². The molecule has 0 spiro atoms. The first-order chi connectivity index (χ1) is 7.65. The van der Waals surface area contributed by atoms with Gasteiger partial charge >= 0.3 is 0 Å². The minimum absolute atomic E-state index is 0.101. The van der Waals surface area contributed by atoms with Gasteiger partial charge in [-0.15, -0.1) is 0 Å². The number of non-ortho nitro benzene ring substituents is 1. The number of nitrogens with zero attached hydrogens (tertiary/aromatic N) is 3. The van der Waals surface area contributed by atoms with Crippen molar-refractivity contribution in [2.75, 3.05) is 0 Å². The fraction of sp³-hybridized carbons (Fsp3) is 0.100. The van der Waals surface area contributed by atoms with E-state index in [9.17, 15) is 10.1 Å². The Hall–Kier alpha value is -1.69. The molecule has 0 saturated carbocycles. The minimum Gasteiger partial charge on any atom is -0.267 e. The van der Waals surface area contributed by atoms with Gasteiger partial charge in [-0.25, -0.2) is 0 Å². The molecule has 2 aromatic rings. The first-order valence-electron chi connectivity index (χ1n) is 4.56. The van der Waals surface area contributed by atoms with Gasteiger partial charge < -0.3 is 0 Å². The van der Waals surface area contributed by atoms with Crippen LogP contribution >= 0.6 is 15.9 Å². The van der Waals surface area contributed by atoms with Gasteiger partial charge in [0.2, 0.25) is 0 Å². The Morgan fingerprint density at radius 3 is 2.94 bits per heavy atom. The van der Waals surface area contributed by atoms with Crippen LogP contribution in [-0.4, -0.2) is 14.7 Å². The molecule has 1 aromatic carbocycles. The second kappa shape index (κ2) is 4.44. The van der Waals surface area contributed by atoms with Crippen molar-refractivity contribution in [2.24, 2.45) is 0 Å². The second-order valence-corrected chi connectivity index (χ2v) is 4.20. The van der Waals surface area contributed by atoms with Crippen LogP contribution in [0.3, 0.4) is 0 Å². The highest BCUT2D eigenvalue weighted by Gasteiger charge is 2.06. The number of nitro benzene ring substituents is 1. The van der Waals surface area contributed by atoms with E-state index >= 15 is 0 Å². The number of aromatic nitrogens is 2. The Balaban J connectivity index is 2.21. The third-order valence-electron chi connectivity index (χ3n) is 2.07. The molecular weight excluding hydrogens is 274 g/mol. The van der Waals surface area contributed by atoms with Gasteiger partial charge in [0, 0.05) is 18.3 Å². The van der Waals surface area contributed by atoms with Crippen LogP contribution in [0.2, 0.25) is 0 Å². The molecule has 5 nitrogen and oxygen atoms in total. The van der Waals surface area contributed by atoms with Gasteiger partial charge in [-0.1, -0.05) is 12.1 Å². The molecule has 0 radical (unpaired) electrons. The Morgan fingerprint density at radius 1 is 1.50 bits per heavy atom. The van der Waals surface area contributed by atoms with E-state index in [1.807, 2.05) is 12.3 Å². The summed E-state index contributed by atoms with van der Waals surface area (Å²) in [6.07, 6.45) is 3.50. The van der Waals surface area contributed by atoms with E-state index in [-0.39, 0.29) is 5.69 Å². The number of benzene rings is 1. The minimum atomic E-state index is -0.400. The summed E-state index contributed by atoms with van der Waals surface area (Å²) in [5, 5.41) is 14.7. The molecule has 0 amide bonds. The van der Waals surface area contributed by atoms with Gasteiger partial charge in [-0.2, -0.15) is 5.10 Å². The number of halogens is 1. The standard InChI is InChI=1S/C10H8BrN3O2/c11-9-5-12-13(7-9)6-8-2-1-3-10(4-8)14(15)16/h1-5,7H,6H2.